The first-order valence-corrected chi connectivity index (χ1v) is 8.20. The molecule has 0 radical (unpaired) electrons. The van der Waals surface area contributed by atoms with Crippen molar-refractivity contribution in [1.82, 2.24) is 14.6 Å². The SMILES string of the molecule is CNS(=O)(=O)c1cc(C(=O)N[C@@H](C)c2ccc(C)o2)n(C)c1. The smallest absolute Gasteiger partial charge is 0.268 e. The highest BCUT2D eigenvalue weighted by molar-refractivity contribution is 7.89. The summed E-state index contributed by atoms with van der Waals surface area (Å²) in [4.78, 5) is 12.3. The van der Waals surface area contributed by atoms with E-state index >= 15 is 0 Å². The molecular weight excluding hydrogens is 306 g/mol. The fourth-order valence-corrected chi connectivity index (χ4v) is 2.85. The summed E-state index contributed by atoms with van der Waals surface area (Å²) in [7, 11) is -0.641. The van der Waals surface area contributed by atoms with E-state index in [4.69, 9.17) is 4.42 Å². The average Bonchev–Trinajstić information content (AvgIpc) is 3.05. The van der Waals surface area contributed by atoms with Crippen molar-refractivity contribution < 1.29 is 17.6 Å². The number of nitrogens with one attached hydrogen (secondary N) is 2. The van der Waals surface area contributed by atoms with Gasteiger partial charge in [0.05, 0.1) is 6.04 Å². The van der Waals surface area contributed by atoms with Crippen molar-refractivity contribution in [1.29, 1.82) is 0 Å². The van der Waals surface area contributed by atoms with Crippen LogP contribution in [0.2, 0.25) is 0 Å². The summed E-state index contributed by atoms with van der Waals surface area (Å²) < 4.78 is 32.7. The third-order valence-electron chi connectivity index (χ3n) is 3.33. The van der Waals surface area contributed by atoms with Crippen LogP contribution in [0.15, 0.2) is 33.7 Å². The highest BCUT2D eigenvalue weighted by atomic mass is 32.2. The minimum atomic E-state index is -3.58. The number of amides is 1. The second-order valence-corrected chi connectivity index (χ2v) is 6.91. The molecule has 7 nitrogen and oxygen atoms in total. The summed E-state index contributed by atoms with van der Waals surface area (Å²) in [6.07, 6.45) is 1.39. The van der Waals surface area contributed by atoms with Crippen molar-refractivity contribution >= 4 is 15.9 Å². The molecule has 0 saturated carbocycles. The summed E-state index contributed by atoms with van der Waals surface area (Å²) in [6.45, 7) is 3.62. The molecule has 2 heterocycles. The molecule has 120 valence electrons. The largest absolute Gasteiger partial charge is 0.464 e. The molecule has 0 aliphatic carbocycles. The van der Waals surface area contributed by atoms with Crippen LogP contribution in [0, 0.1) is 6.92 Å². The van der Waals surface area contributed by atoms with Gasteiger partial charge in [0.15, 0.2) is 0 Å². The number of carbonyl (C=O) groups excluding carboxylic acids is 1. The number of rotatable bonds is 5. The summed E-state index contributed by atoms with van der Waals surface area (Å²) in [5.74, 6) is 1.03. The molecule has 0 unspecified atom stereocenters. The van der Waals surface area contributed by atoms with Crippen molar-refractivity contribution in [2.24, 2.45) is 7.05 Å². The Bertz CT molecular complexity index is 789. The lowest BCUT2D eigenvalue weighted by molar-refractivity contribution is 0.0927. The second kappa shape index (κ2) is 5.98. The first-order valence-electron chi connectivity index (χ1n) is 6.71. The molecule has 1 atom stereocenters. The molecule has 2 N–H and O–H groups in total. The van der Waals surface area contributed by atoms with E-state index in [-0.39, 0.29) is 22.5 Å². The van der Waals surface area contributed by atoms with Gasteiger partial charge in [0.2, 0.25) is 10.0 Å². The number of carbonyl (C=O) groups is 1. The number of sulfonamides is 1. The Balaban J connectivity index is 2.20. The van der Waals surface area contributed by atoms with E-state index in [1.54, 1.807) is 20.0 Å². The quantitative estimate of drug-likeness (QED) is 0.867. The van der Waals surface area contributed by atoms with Crippen LogP contribution in [0.25, 0.3) is 0 Å². The minimum absolute atomic E-state index is 0.0455. The van der Waals surface area contributed by atoms with E-state index in [2.05, 4.69) is 10.0 Å². The Hall–Kier alpha value is -2.06. The van der Waals surface area contributed by atoms with Gasteiger partial charge in [-0.15, -0.1) is 0 Å². The first-order chi connectivity index (χ1) is 10.2. The molecular formula is C14H19N3O4S. The van der Waals surface area contributed by atoms with Crippen molar-refractivity contribution in [3.8, 4) is 0 Å². The van der Waals surface area contributed by atoms with Crippen LogP contribution in [-0.4, -0.2) is 25.9 Å². The van der Waals surface area contributed by atoms with Crippen LogP contribution < -0.4 is 10.0 Å². The summed E-state index contributed by atoms with van der Waals surface area (Å²) in [6, 6.07) is 4.63. The predicted octanol–water partition coefficient (Wildman–Crippen LogP) is 1.33. The third kappa shape index (κ3) is 3.23. The molecule has 0 spiro atoms. The van der Waals surface area contributed by atoms with E-state index in [9.17, 15) is 13.2 Å². The molecule has 22 heavy (non-hydrogen) atoms. The summed E-state index contributed by atoms with van der Waals surface area (Å²) >= 11 is 0. The van der Waals surface area contributed by atoms with Gasteiger partial charge in [-0.2, -0.15) is 0 Å². The van der Waals surface area contributed by atoms with Crippen LogP contribution in [0.5, 0.6) is 0 Å². The van der Waals surface area contributed by atoms with Gasteiger partial charge < -0.3 is 14.3 Å². The fraction of sp³-hybridized carbons (Fsp3) is 0.357. The maximum atomic E-state index is 12.3. The molecule has 8 heteroatoms. The normalized spacial score (nSPS) is 13.1. The monoisotopic (exact) mass is 325 g/mol. The van der Waals surface area contributed by atoms with Crippen molar-refractivity contribution in [3.05, 3.63) is 41.6 Å². The van der Waals surface area contributed by atoms with Gasteiger partial charge in [0.1, 0.15) is 22.1 Å². The standard InChI is InChI=1S/C14H19N3O4S/c1-9-5-6-13(21-9)10(2)16-14(18)12-7-11(8-17(12)4)22(19,20)15-3/h5-8,10,15H,1-4H3,(H,16,18)/t10-/m0/s1. The molecule has 0 aliphatic rings. The Labute approximate surface area is 129 Å². The first kappa shape index (κ1) is 16.3. The Morgan fingerprint density at radius 2 is 2.05 bits per heavy atom. The molecule has 0 fully saturated rings. The molecule has 2 aromatic heterocycles. The topological polar surface area (TPSA) is 93.3 Å². The third-order valence-corrected chi connectivity index (χ3v) is 4.71. The lowest BCUT2D eigenvalue weighted by Gasteiger charge is -2.11. The second-order valence-electron chi connectivity index (χ2n) is 5.02. The molecule has 2 rings (SSSR count). The van der Waals surface area contributed by atoms with Gasteiger partial charge in [-0.3, -0.25) is 4.79 Å². The van der Waals surface area contributed by atoms with Crippen LogP contribution in [0.3, 0.4) is 0 Å². The van der Waals surface area contributed by atoms with Crippen molar-refractivity contribution in [2.45, 2.75) is 24.8 Å². The van der Waals surface area contributed by atoms with Crippen molar-refractivity contribution in [3.63, 3.8) is 0 Å². The van der Waals surface area contributed by atoms with Crippen LogP contribution in [-0.2, 0) is 17.1 Å². The molecule has 0 bridgehead atoms. The zero-order valence-electron chi connectivity index (χ0n) is 12.9. The maximum absolute atomic E-state index is 12.3. The molecule has 2 aromatic rings. The number of furan rings is 1. The van der Waals surface area contributed by atoms with Gasteiger partial charge in [-0.1, -0.05) is 0 Å². The highest BCUT2D eigenvalue weighted by Gasteiger charge is 2.21. The molecule has 1 amide bonds. The maximum Gasteiger partial charge on any atom is 0.268 e. The van der Waals surface area contributed by atoms with Crippen molar-refractivity contribution in [2.75, 3.05) is 7.05 Å². The van der Waals surface area contributed by atoms with Gasteiger partial charge in [0, 0.05) is 13.2 Å². The Morgan fingerprint density at radius 1 is 1.36 bits per heavy atom. The van der Waals surface area contributed by atoms with E-state index in [1.165, 1.54) is 23.9 Å². The molecule has 0 saturated heterocycles. The van der Waals surface area contributed by atoms with Gasteiger partial charge in [-0.25, -0.2) is 13.1 Å². The lowest BCUT2D eigenvalue weighted by Crippen LogP contribution is -2.27. The Kier molecular flexibility index (Phi) is 4.43. The number of hydrogen-bond donors (Lipinski definition) is 2. The van der Waals surface area contributed by atoms with E-state index in [0.29, 0.717) is 5.76 Å². The minimum Gasteiger partial charge on any atom is -0.464 e. The number of hydrogen-bond acceptors (Lipinski definition) is 4. The van der Waals surface area contributed by atoms with E-state index < -0.39 is 10.0 Å². The summed E-state index contributed by atoms with van der Waals surface area (Å²) in [5.41, 5.74) is 0.254. The number of aromatic nitrogens is 1. The summed E-state index contributed by atoms with van der Waals surface area (Å²) in [5, 5.41) is 2.78. The van der Waals surface area contributed by atoms with Gasteiger partial charge in [0.25, 0.3) is 5.91 Å². The van der Waals surface area contributed by atoms with Crippen LogP contribution in [0.1, 0.15) is 35.0 Å². The van der Waals surface area contributed by atoms with E-state index in [1.807, 2.05) is 13.0 Å². The van der Waals surface area contributed by atoms with Gasteiger partial charge >= 0.3 is 0 Å². The number of nitrogens with zero attached hydrogens (tertiary/aromatic N) is 1. The fourth-order valence-electron chi connectivity index (χ4n) is 2.05. The average molecular weight is 325 g/mol. The molecule has 0 aromatic carbocycles. The zero-order valence-corrected chi connectivity index (χ0v) is 13.7. The zero-order chi connectivity index (χ0) is 16.5. The lowest BCUT2D eigenvalue weighted by atomic mass is 10.2. The molecule has 0 aliphatic heterocycles. The Morgan fingerprint density at radius 3 is 2.59 bits per heavy atom. The number of aryl methyl sites for hydroxylation is 2. The highest BCUT2D eigenvalue weighted by Crippen LogP contribution is 2.18. The predicted molar refractivity (Wildman–Crippen MR) is 81.0 cm³/mol. The van der Waals surface area contributed by atoms with Crippen LogP contribution >= 0.6 is 0 Å². The van der Waals surface area contributed by atoms with E-state index in [0.717, 1.165) is 5.76 Å². The van der Waals surface area contributed by atoms with Gasteiger partial charge in [-0.05, 0) is 39.1 Å². The van der Waals surface area contributed by atoms with Crippen LogP contribution in [0.4, 0.5) is 0 Å².